The van der Waals surface area contributed by atoms with Gasteiger partial charge in [0.15, 0.2) is 0 Å². The van der Waals surface area contributed by atoms with E-state index in [1.807, 2.05) is 0 Å². The van der Waals surface area contributed by atoms with Gasteiger partial charge >= 0.3 is 167 Å². The summed E-state index contributed by atoms with van der Waals surface area (Å²) in [6.45, 7) is 0. The van der Waals surface area contributed by atoms with Crippen LogP contribution in [-0.4, -0.2) is 36.5 Å². The van der Waals surface area contributed by atoms with E-state index < -0.39 is 36.5 Å². The van der Waals surface area contributed by atoms with Gasteiger partial charge in [0.1, 0.15) is 0 Å². The van der Waals surface area contributed by atoms with Gasteiger partial charge in [-0.15, -0.1) is 0 Å². The summed E-state index contributed by atoms with van der Waals surface area (Å²) in [6.07, 6.45) is 0. The van der Waals surface area contributed by atoms with Crippen molar-refractivity contribution < 1.29 is 39.6 Å². The van der Waals surface area contributed by atoms with E-state index in [1.165, 1.54) is 36.4 Å². The van der Waals surface area contributed by atoms with E-state index in [0.29, 0.717) is 0 Å². The summed E-state index contributed by atoms with van der Waals surface area (Å²) in [5.41, 5.74) is -0.0831. The number of hydrogen-bond donors (Lipinski definition) is 0. The Balaban J connectivity index is 0.00000225. The molecule has 0 aliphatic carbocycles. The minimum absolute atomic E-state index is 0. The van der Waals surface area contributed by atoms with Crippen molar-refractivity contribution in [2.75, 3.05) is 0 Å². The summed E-state index contributed by atoms with van der Waals surface area (Å²) in [6, 6.07) is 18.7. The molecular weight excluding hydrogens is 634 g/mol. The molecule has 154 valence electrons. The van der Waals surface area contributed by atoms with E-state index in [9.17, 15) is 30.3 Å². The number of rotatable bonds is 6. The van der Waals surface area contributed by atoms with E-state index in [1.54, 1.807) is 36.4 Å². The molecular formula is C18H12BiCl2N3O6. The fourth-order valence-electron chi connectivity index (χ4n) is 2.62. The van der Waals surface area contributed by atoms with Crippen LogP contribution in [0, 0.1) is 30.3 Å². The molecule has 0 radical (unpaired) electrons. The maximum atomic E-state index is 10.9. The first-order chi connectivity index (χ1) is 13.4. The molecule has 0 spiro atoms. The number of nitrogens with zero attached hydrogens (tertiary/aromatic N) is 3. The number of non-ortho nitro benzene ring substituents is 3. The zero-order valence-electron chi connectivity index (χ0n) is 14.9. The predicted octanol–water partition coefficient (Wildman–Crippen LogP) is -4.06. The fraction of sp³-hybridized carbons (Fsp3) is 0. The molecule has 0 saturated heterocycles. The van der Waals surface area contributed by atoms with E-state index in [0.717, 1.165) is 9.81 Å². The molecule has 9 nitrogen and oxygen atoms in total. The average molecular weight is 646 g/mol. The van der Waals surface area contributed by atoms with Crippen molar-refractivity contribution in [3.63, 3.8) is 0 Å². The van der Waals surface area contributed by atoms with Gasteiger partial charge in [-0.3, -0.25) is 0 Å². The summed E-state index contributed by atoms with van der Waals surface area (Å²) in [5.74, 6) is 0. The summed E-state index contributed by atoms with van der Waals surface area (Å²) in [5, 5.41) is 32.8. The molecule has 0 aliphatic heterocycles. The van der Waals surface area contributed by atoms with Crippen LogP contribution in [0.4, 0.5) is 17.1 Å². The molecule has 0 amide bonds. The van der Waals surface area contributed by atoms with E-state index >= 15 is 0 Å². The Kier molecular flexibility index (Phi) is 9.23. The van der Waals surface area contributed by atoms with Crippen LogP contribution in [0.1, 0.15) is 0 Å². The third-order valence-corrected chi connectivity index (χ3v) is 13.5. The second-order valence-corrected chi connectivity index (χ2v) is 14.3. The molecule has 0 bridgehead atoms. The van der Waals surface area contributed by atoms with Gasteiger partial charge in [-0.2, -0.15) is 0 Å². The normalized spacial score (nSPS) is 9.60. The summed E-state index contributed by atoms with van der Waals surface area (Å²) >= 11 is -2.94. The van der Waals surface area contributed by atoms with Gasteiger partial charge in [0.2, 0.25) is 0 Å². The van der Waals surface area contributed by atoms with Gasteiger partial charge in [-0.1, -0.05) is 0 Å². The Morgan fingerprint density at radius 2 is 0.667 bits per heavy atom. The third-order valence-electron chi connectivity index (χ3n) is 3.96. The number of halogens is 2. The summed E-state index contributed by atoms with van der Waals surface area (Å²) in [4.78, 5) is 31.3. The van der Waals surface area contributed by atoms with E-state index in [4.69, 9.17) is 0 Å². The smallest absolute Gasteiger partial charge is 1.00 e. The van der Waals surface area contributed by atoms with E-state index in [2.05, 4.69) is 0 Å². The summed E-state index contributed by atoms with van der Waals surface area (Å²) < 4.78 is 2.76. The quantitative estimate of drug-likeness (QED) is 0.152. The second kappa shape index (κ2) is 10.9. The maximum Gasteiger partial charge on any atom is -1.00 e. The molecule has 0 atom stereocenters. The molecule has 12 heteroatoms. The van der Waals surface area contributed by atoms with Crippen LogP contribution >= 0.6 is 0 Å². The van der Waals surface area contributed by atoms with E-state index in [-0.39, 0.29) is 41.9 Å². The van der Waals surface area contributed by atoms with Gasteiger partial charge in [-0.05, 0) is 0 Å². The largest absolute Gasteiger partial charge is 1.00 e. The zero-order chi connectivity index (χ0) is 20.3. The van der Waals surface area contributed by atoms with Crippen LogP contribution in [0.25, 0.3) is 0 Å². The van der Waals surface area contributed by atoms with Crippen molar-refractivity contribution >= 4 is 48.6 Å². The topological polar surface area (TPSA) is 129 Å². The van der Waals surface area contributed by atoms with Crippen LogP contribution < -0.4 is 34.6 Å². The van der Waals surface area contributed by atoms with Crippen LogP contribution in [0.3, 0.4) is 0 Å². The Labute approximate surface area is 190 Å². The second-order valence-electron chi connectivity index (χ2n) is 5.66. The molecule has 30 heavy (non-hydrogen) atoms. The Bertz CT molecular complexity index is 910. The Hall–Kier alpha value is -2.68. The molecule has 0 unspecified atom stereocenters. The van der Waals surface area contributed by atoms with Gasteiger partial charge in [0, 0.05) is 0 Å². The van der Waals surface area contributed by atoms with Crippen LogP contribution in [0.15, 0.2) is 72.8 Å². The first kappa shape index (κ1) is 25.4. The molecule has 0 aliphatic rings. The van der Waals surface area contributed by atoms with Crippen molar-refractivity contribution in [2.24, 2.45) is 0 Å². The van der Waals surface area contributed by atoms with Crippen LogP contribution in [-0.2, 0) is 0 Å². The number of nitro benzene ring substituents is 3. The molecule has 0 fully saturated rings. The molecule has 0 aromatic heterocycles. The molecule has 0 saturated carbocycles. The molecule has 0 N–H and O–H groups in total. The molecule has 3 aromatic rings. The fourth-order valence-corrected chi connectivity index (χ4v) is 11.3. The van der Waals surface area contributed by atoms with Gasteiger partial charge in [-0.25, -0.2) is 0 Å². The first-order valence-corrected chi connectivity index (χ1v) is 13.1. The SMILES string of the molecule is O=[N+]([O-])c1cc[c]([Bi+2]([c]2ccc([N+](=O)[O-])cc2)[c]2ccc([N+](=O)[O-])cc2)cc1.[Cl-].[Cl-]. The number of hydrogen-bond acceptors (Lipinski definition) is 6. The van der Waals surface area contributed by atoms with Crippen LogP contribution in [0.5, 0.6) is 0 Å². The van der Waals surface area contributed by atoms with Crippen molar-refractivity contribution in [1.29, 1.82) is 0 Å². The van der Waals surface area contributed by atoms with Gasteiger partial charge in [0.25, 0.3) is 0 Å². The minimum Gasteiger partial charge on any atom is -1.00 e. The Morgan fingerprint density at radius 3 is 0.833 bits per heavy atom. The average Bonchev–Trinajstić information content (AvgIpc) is 2.69. The zero-order valence-corrected chi connectivity index (χ0v) is 19.9. The van der Waals surface area contributed by atoms with Gasteiger partial charge < -0.3 is 24.8 Å². The number of benzene rings is 3. The summed E-state index contributed by atoms with van der Waals surface area (Å²) in [7, 11) is 0. The molecule has 3 rings (SSSR count). The van der Waals surface area contributed by atoms with Crippen molar-refractivity contribution in [1.82, 2.24) is 0 Å². The van der Waals surface area contributed by atoms with Crippen molar-refractivity contribution in [3.8, 4) is 0 Å². The number of nitro groups is 3. The Morgan fingerprint density at radius 1 is 0.467 bits per heavy atom. The molecule has 0 heterocycles. The predicted molar refractivity (Wildman–Crippen MR) is 104 cm³/mol. The monoisotopic (exact) mass is 645 g/mol. The van der Waals surface area contributed by atoms with Crippen LogP contribution in [0.2, 0.25) is 0 Å². The third kappa shape index (κ3) is 5.69. The first-order valence-electron chi connectivity index (χ1n) is 7.90. The molecule has 3 aromatic carbocycles. The van der Waals surface area contributed by atoms with Crippen molar-refractivity contribution in [2.45, 2.75) is 0 Å². The van der Waals surface area contributed by atoms with Crippen molar-refractivity contribution in [3.05, 3.63) is 103 Å². The maximum absolute atomic E-state index is 10.9. The minimum atomic E-state index is -2.94. The van der Waals surface area contributed by atoms with Gasteiger partial charge in [0.05, 0.1) is 0 Å². The standard InChI is InChI=1S/3C6H4NO2.Bi.2ClH/c3*8-7(9)6-4-2-1-3-5-6;;;/h3*2-5H;;2*1H/q;;;+2;;/p-2.